The van der Waals surface area contributed by atoms with Gasteiger partial charge in [-0.05, 0) is 42.8 Å². The molecule has 0 bridgehead atoms. The quantitative estimate of drug-likeness (QED) is 0.927. The van der Waals surface area contributed by atoms with Gasteiger partial charge in [0.1, 0.15) is 5.03 Å². The Morgan fingerprint density at radius 3 is 2.84 bits per heavy atom. The molecule has 0 spiro atoms. The first-order valence-corrected chi connectivity index (χ1v) is 6.30. The SMILES string of the molecule is Cc1cc(C#N)ccc1Sc1ncccc1C(=O)O. The molecule has 4 nitrogen and oxygen atoms in total. The zero-order valence-electron chi connectivity index (χ0n) is 10.1. The highest BCUT2D eigenvalue weighted by Gasteiger charge is 2.12. The Hall–Kier alpha value is -2.32. The number of carboxylic acid groups (broad SMARTS) is 1. The molecule has 0 saturated carbocycles. The van der Waals surface area contributed by atoms with Gasteiger partial charge in [0.2, 0.25) is 0 Å². The number of nitriles is 1. The zero-order valence-corrected chi connectivity index (χ0v) is 10.9. The number of benzene rings is 1. The normalized spacial score (nSPS) is 9.89. The van der Waals surface area contributed by atoms with Gasteiger partial charge in [-0.15, -0.1) is 0 Å². The predicted octanol–water partition coefficient (Wildman–Crippen LogP) is 3.11. The molecule has 0 aliphatic carbocycles. The van der Waals surface area contributed by atoms with E-state index in [1.807, 2.05) is 6.92 Å². The van der Waals surface area contributed by atoms with Crippen LogP contribution in [0.3, 0.4) is 0 Å². The van der Waals surface area contributed by atoms with Crippen molar-refractivity contribution in [3.63, 3.8) is 0 Å². The van der Waals surface area contributed by atoms with Gasteiger partial charge in [-0.1, -0.05) is 11.8 Å². The first-order chi connectivity index (χ1) is 9.11. The summed E-state index contributed by atoms with van der Waals surface area (Å²) in [6.07, 6.45) is 1.56. The Labute approximate surface area is 114 Å². The summed E-state index contributed by atoms with van der Waals surface area (Å²) >= 11 is 1.29. The number of rotatable bonds is 3. The lowest BCUT2D eigenvalue weighted by atomic mass is 10.2. The van der Waals surface area contributed by atoms with Crippen LogP contribution in [0.2, 0.25) is 0 Å². The fourth-order valence-electron chi connectivity index (χ4n) is 1.57. The van der Waals surface area contributed by atoms with E-state index < -0.39 is 5.97 Å². The molecular formula is C14H10N2O2S. The van der Waals surface area contributed by atoms with Crippen molar-refractivity contribution < 1.29 is 9.90 Å². The van der Waals surface area contributed by atoms with Crippen molar-refractivity contribution in [2.45, 2.75) is 16.8 Å². The van der Waals surface area contributed by atoms with Crippen LogP contribution in [0.4, 0.5) is 0 Å². The van der Waals surface area contributed by atoms with E-state index in [0.717, 1.165) is 10.5 Å². The number of pyridine rings is 1. The second kappa shape index (κ2) is 5.55. The lowest BCUT2D eigenvalue weighted by Gasteiger charge is -2.07. The van der Waals surface area contributed by atoms with Gasteiger partial charge in [-0.25, -0.2) is 9.78 Å². The Morgan fingerprint density at radius 1 is 1.42 bits per heavy atom. The minimum Gasteiger partial charge on any atom is -0.478 e. The van der Waals surface area contributed by atoms with E-state index in [1.54, 1.807) is 30.5 Å². The molecule has 19 heavy (non-hydrogen) atoms. The lowest BCUT2D eigenvalue weighted by Crippen LogP contribution is -2.00. The van der Waals surface area contributed by atoms with Crippen molar-refractivity contribution in [2.75, 3.05) is 0 Å². The van der Waals surface area contributed by atoms with E-state index in [9.17, 15) is 4.79 Å². The van der Waals surface area contributed by atoms with Crippen LogP contribution in [0.5, 0.6) is 0 Å². The summed E-state index contributed by atoms with van der Waals surface area (Å²) in [7, 11) is 0. The van der Waals surface area contributed by atoms with E-state index in [4.69, 9.17) is 10.4 Å². The molecule has 2 aromatic rings. The number of aromatic nitrogens is 1. The van der Waals surface area contributed by atoms with Gasteiger partial charge in [-0.2, -0.15) is 5.26 Å². The second-order valence-electron chi connectivity index (χ2n) is 3.86. The summed E-state index contributed by atoms with van der Waals surface area (Å²) in [5.41, 5.74) is 1.68. The average Bonchev–Trinajstić information content (AvgIpc) is 2.41. The van der Waals surface area contributed by atoms with Crippen molar-refractivity contribution in [3.05, 3.63) is 53.2 Å². The van der Waals surface area contributed by atoms with Gasteiger partial charge in [0.05, 0.1) is 17.2 Å². The van der Waals surface area contributed by atoms with Crippen LogP contribution in [-0.4, -0.2) is 16.1 Å². The molecule has 0 saturated heterocycles. The molecular weight excluding hydrogens is 260 g/mol. The number of hydrogen-bond acceptors (Lipinski definition) is 4. The summed E-state index contributed by atoms with van der Waals surface area (Å²) < 4.78 is 0. The smallest absolute Gasteiger partial charge is 0.338 e. The molecule has 0 aliphatic heterocycles. The van der Waals surface area contributed by atoms with Gasteiger partial charge in [0.25, 0.3) is 0 Å². The highest BCUT2D eigenvalue weighted by atomic mass is 32.2. The third kappa shape index (κ3) is 2.92. The van der Waals surface area contributed by atoms with E-state index in [1.165, 1.54) is 17.8 Å². The number of hydrogen-bond donors (Lipinski definition) is 1. The summed E-state index contributed by atoms with van der Waals surface area (Å²) in [4.78, 5) is 16.1. The molecule has 0 atom stereocenters. The molecule has 0 amide bonds. The Kier molecular flexibility index (Phi) is 3.83. The predicted molar refractivity (Wildman–Crippen MR) is 71.2 cm³/mol. The molecule has 1 N–H and O–H groups in total. The van der Waals surface area contributed by atoms with E-state index in [0.29, 0.717) is 10.6 Å². The third-order valence-corrected chi connectivity index (χ3v) is 3.71. The van der Waals surface area contributed by atoms with Crippen LogP contribution in [0, 0.1) is 18.3 Å². The summed E-state index contributed by atoms with van der Waals surface area (Å²) in [6, 6.07) is 10.5. The van der Waals surface area contributed by atoms with Crippen LogP contribution < -0.4 is 0 Å². The van der Waals surface area contributed by atoms with Gasteiger partial charge >= 0.3 is 5.97 Å². The summed E-state index contributed by atoms with van der Waals surface area (Å²) in [5.74, 6) is -0.998. The molecule has 0 aliphatic rings. The van der Waals surface area contributed by atoms with E-state index in [-0.39, 0.29) is 5.56 Å². The van der Waals surface area contributed by atoms with E-state index >= 15 is 0 Å². The minimum atomic E-state index is -0.998. The molecule has 0 unspecified atom stereocenters. The molecule has 94 valence electrons. The van der Waals surface area contributed by atoms with Gasteiger partial charge in [0, 0.05) is 11.1 Å². The maximum absolute atomic E-state index is 11.1. The fourth-order valence-corrected chi connectivity index (χ4v) is 2.52. The van der Waals surface area contributed by atoms with Crippen LogP contribution in [0.15, 0.2) is 46.5 Å². The summed E-state index contributed by atoms with van der Waals surface area (Å²) in [5, 5.41) is 18.4. The topological polar surface area (TPSA) is 74.0 Å². The maximum Gasteiger partial charge on any atom is 0.338 e. The number of nitrogens with zero attached hydrogens (tertiary/aromatic N) is 2. The monoisotopic (exact) mass is 270 g/mol. The molecule has 0 radical (unpaired) electrons. The number of aromatic carboxylic acids is 1. The zero-order chi connectivity index (χ0) is 13.8. The van der Waals surface area contributed by atoms with Crippen LogP contribution >= 0.6 is 11.8 Å². The van der Waals surface area contributed by atoms with Crippen LogP contribution in [0.1, 0.15) is 21.5 Å². The Morgan fingerprint density at radius 2 is 2.21 bits per heavy atom. The van der Waals surface area contributed by atoms with Crippen molar-refractivity contribution in [1.82, 2.24) is 4.98 Å². The van der Waals surface area contributed by atoms with Crippen LogP contribution in [0.25, 0.3) is 0 Å². The molecule has 1 heterocycles. The van der Waals surface area contributed by atoms with Crippen LogP contribution in [-0.2, 0) is 0 Å². The average molecular weight is 270 g/mol. The van der Waals surface area contributed by atoms with Gasteiger partial charge in [-0.3, -0.25) is 0 Å². The fraction of sp³-hybridized carbons (Fsp3) is 0.0714. The third-order valence-electron chi connectivity index (χ3n) is 2.51. The first-order valence-electron chi connectivity index (χ1n) is 5.48. The summed E-state index contributed by atoms with van der Waals surface area (Å²) in [6.45, 7) is 1.88. The Bertz CT molecular complexity index is 677. The number of carbonyl (C=O) groups is 1. The van der Waals surface area contributed by atoms with Crippen molar-refractivity contribution in [3.8, 4) is 6.07 Å². The van der Waals surface area contributed by atoms with Gasteiger partial charge < -0.3 is 5.11 Å². The van der Waals surface area contributed by atoms with Crippen molar-refractivity contribution in [1.29, 1.82) is 5.26 Å². The molecule has 1 aromatic heterocycles. The van der Waals surface area contributed by atoms with Crippen molar-refractivity contribution >= 4 is 17.7 Å². The highest BCUT2D eigenvalue weighted by molar-refractivity contribution is 7.99. The minimum absolute atomic E-state index is 0.177. The number of aryl methyl sites for hydroxylation is 1. The standard InChI is InChI=1S/C14H10N2O2S/c1-9-7-10(8-15)4-5-12(9)19-13-11(14(17)18)3-2-6-16-13/h2-7H,1H3,(H,17,18). The first kappa shape index (κ1) is 13.1. The highest BCUT2D eigenvalue weighted by Crippen LogP contribution is 2.31. The van der Waals surface area contributed by atoms with Crippen molar-refractivity contribution in [2.24, 2.45) is 0 Å². The lowest BCUT2D eigenvalue weighted by molar-refractivity contribution is 0.0692. The Balaban J connectivity index is 2.37. The number of carboxylic acids is 1. The molecule has 0 fully saturated rings. The van der Waals surface area contributed by atoms with Gasteiger partial charge in [0.15, 0.2) is 0 Å². The molecule has 1 aromatic carbocycles. The molecule has 2 rings (SSSR count). The maximum atomic E-state index is 11.1. The largest absolute Gasteiger partial charge is 0.478 e. The second-order valence-corrected chi connectivity index (χ2v) is 4.89. The van der Waals surface area contributed by atoms with E-state index in [2.05, 4.69) is 11.1 Å². The molecule has 5 heteroatoms.